The van der Waals surface area contributed by atoms with Crippen molar-refractivity contribution in [2.45, 2.75) is 26.8 Å². The number of rotatable bonds is 7. The lowest BCUT2D eigenvalue weighted by Crippen LogP contribution is -2.39. The summed E-state index contributed by atoms with van der Waals surface area (Å²) < 4.78 is 10.5. The minimum Gasteiger partial charge on any atom is -0.477 e. The highest BCUT2D eigenvalue weighted by atomic mass is 16.5. The van der Waals surface area contributed by atoms with Gasteiger partial charge in [0.1, 0.15) is 5.56 Å². The molecule has 0 radical (unpaired) electrons. The van der Waals surface area contributed by atoms with Gasteiger partial charge in [-0.25, -0.2) is 9.78 Å². The molecule has 2 aromatic rings. The van der Waals surface area contributed by atoms with Gasteiger partial charge in [0, 0.05) is 17.9 Å². The third kappa shape index (κ3) is 4.79. The van der Waals surface area contributed by atoms with E-state index in [-0.39, 0.29) is 30.0 Å². The Bertz CT molecular complexity index is 716. The van der Waals surface area contributed by atoms with Crippen molar-refractivity contribution in [1.29, 1.82) is 0 Å². The van der Waals surface area contributed by atoms with E-state index in [1.165, 1.54) is 6.20 Å². The number of hydrogen-bond donors (Lipinski definition) is 0. The van der Waals surface area contributed by atoms with Crippen LogP contribution in [-0.2, 0) is 9.53 Å². The first kappa shape index (κ1) is 18.4. The van der Waals surface area contributed by atoms with E-state index in [9.17, 15) is 9.59 Å². The van der Waals surface area contributed by atoms with Crippen LogP contribution in [-0.4, -0.2) is 36.1 Å². The lowest BCUT2D eigenvalue weighted by Gasteiger charge is -2.26. The largest absolute Gasteiger partial charge is 0.477 e. The van der Waals surface area contributed by atoms with Crippen molar-refractivity contribution in [3.8, 4) is 5.88 Å². The molecule has 0 saturated heterocycles. The van der Waals surface area contributed by atoms with Gasteiger partial charge in [-0.3, -0.25) is 4.79 Å². The number of pyridine rings is 1. The van der Waals surface area contributed by atoms with E-state index in [0.29, 0.717) is 6.61 Å². The van der Waals surface area contributed by atoms with Crippen LogP contribution < -0.4 is 9.64 Å². The first-order valence-corrected chi connectivity index (χ1v) is 8.16. The fourth-order valence-corrected chi connectivity index (χ4v) is 2.39. The summed E-state index contributed by atoms with van der Waals surface area (Å²) in [5.74, 6) is -0.732. The number of ether oxygens (including phenoxy) is 2. The molecule has 1 aromatic carbocycles. The van der Waals surface area contributed by atoms with Crippen LogP contribution in [0.15, 0.2) is 48.7 Å². The Balaban J connectivity index is 2.07. The van der Waals surface area contributed by atoms with Gasteiger partial charge in [-0.1, -0.05) is 18.2 Å². The number of amides is 1. The van der Waals surface area contributed by atoms with E-state index in [2.05, 4.69) is 4.98 Å². The second kappa shape index (κ2) is 8.82. The highest BCUT2D eigenvalue weighted by Gasteiger charge is 2.22. The van der Waals surface area contributed by atoms with E-state index in [1.54, 1.807) is 24.0 Å². The Hall–Kier alpha value is -2.89. The van der Waals surface area contributed by atoms with Crippen LogP contribution >= 0.6 is 0 Å². The van der Waals surface area contributed by atoms with Gasteiger partial charge in [-0.05, 0) is 45.0 Å². The molecule has 0 atom stereocenters. The smallest absolute Gasteiger partial charge is 0.344 e. The van der Waals surface area contributed by atoms with E-state index < -0.39 is 5.97 Å². The van der Waals surface area contributed by atoms with Gasteiger partial charge in [0.25, 0.3) is 5.91 Å². The Morgan fingerprint density at radius 2 is 1.84 bits per heavy atom. The van der Waals surface area contributed by atoms with Crippen molar-refractivity contribution in [2.24, 2.45) is 0 Å². The molecule has 132 valence electrons. The van der Waals surface area contributed by atoms with E-state index in [4.69, 9.17) is 9.47 Å². The van der Waals surface area contributed by atoms with Gasteiger partial charge in [0.15, 0.2) is 6.61 Å². The molecular formula is C19H22N2O4. The molecule has 1 amide bonds. The molecule has 0 aliphatic carbocycles. The van der Waals surface area contributed by atoms with Gasteiger partial charge in [-0.15, -0.1) is 0 Å². The van der Waals surface area contributed by atoms with Crippen LogP contribution in [0.25, 0.3) is 0 Å². The third-order valence-electron chi connectivity index (χ3n) is 3.42. The second-order valence-corrected chi connectivity index (χ2v) is 5.56. The average Bonchev–Trinajstić information content (AvgIpc) is 2.61. The normalized spacial score (nSPS) is 10.4. The van der Waals surface area contributed by atoms with Crippen molar-refractivity contribution >= 4 is 17.6 Å². The second-order valence-electron chi connectivity index (χ2n) is 5.56. The molecule has 0 fully saturated rings. The van der Waals surface area contributed by atoms with Gasteiger partial charge in [0.05, 0.1) is 6.61 Å². The molecule has 2 rings (SSSR count). The first-order valence-electron chi connectivity index (χ1n) is 8.16. The van der Waals surface area contributed by atoms with Crippen LogP contribution in [0.5, 0.6) is 5.88 Å². The minimum atomic E-state index is -0.637. The zero-order valence-corrected chi connectivity index (χ0v) is 14.6. The summed E-state index contributed by atoms with van der Waals surface area (Å²) in [4.78, 5) is 30.4. The molecule has 6 heteroatoms. The maximum absolute atomic E-state index is 12.5. The Kier molecular flexibility index (Phi) is 6.51. The minimum absolute atomic E-state index is 0.0639. The number of benzene rings is 1. The molecule has 0 aliphatic rings. The molecule has 6 nitrogen and oxygen atoms in total. The zero-order chi connectivity index (χ0) is 18.2. The van der Waals surface area contributed by atoms with E-state index in [0.717, 1.165) is 5.69 Å². The lowest BCUT2D eigenvalue weighted by molar-refractivity contribution is -0.122. The fourth-order valence-electron chi connectivity index (χ4n) is 2.39. The molecule has 0 N–H and O–H groups in total. The van der Waals surface area contributed by atoms with Crippen LogP contribution in [0.4, 0.5) is 5.69 Å². The van der Waals surface area contributed by atoms with Crippen molar-refractivity contribution in [2.75, 3.05) is 18.1 Å². The lowest BCUT2D eigenvalue weighted by atomic mass is 10.2. The fraction of sp³-hybridized carbons (Fsp3) is 0.316. The van der Waals surface area contributed by atoms with Gasteiger partial charge in [0.2, 0.25) is 5.88 Å². The number of nitrogens with zero attached hydrogens (tertiary/aromatic N) is 2. The number of aromatic nitrogens is 1. The first-order chi connectivity index (χ1) is 12.0. The van der Waals surface area contributed by atoms with Gasteiger partial charge >= 0.3 is 5.97 Å². The number of esters is 1. The Morgan fingerprint density at radius 3 is 2.48 bits per heavy atom. The summed E-state index contributed by atoms with van der Waals surface area (Å²) in [6.07, 6.45) is 1.53. The number of para-hydroxylation sites is 1. The summed E-state index contributed by atoms with van der Waals surface area (Å²) in [6.45, 7) is 5.63. The molecule has 0 unspecified atom stereocenters. The van der Waals surface area contributed by atoms with Crippen LogP contribution in [0.2, 0.25) is 0 Å². The quantitative estimate of drug-likeness (QED) is 0.723. The topological polar surface area (TPSA) is 68.7 Å². The van der Waals surface area contributed by atoms with Gasteiger partial charge in [-0.2, -0.15) is 0 Å². The van der Waals surface area contributed by atoms with Crippen molar-refractivity contribution in [3.05, 3.63) is 54.2 Å². The SMILES string of the molecule is CCOc1ncccc1C(=O)OCC(=O)N(c1ccccc1)C(C)C. The van der Waals surface area contributed by atoms with Crippen LogP contribution in [0, 0.1) is 0 Å². The van der Waals surface area contributed by atoms with Crippen molar-refractivity contribution in [1.82, 2.24) is 4.98 Å². The summed E-state index contributed by atoms with van der Waals surface area (Å²) in [6, 6.07) is 12.4. The van der Waals surface area contributed by atoms with E-state index >= 15 is 0 Å². The third-order valence-corrected chi connectivity index (χ3v) is 3.42. The highest BCUT2D eigenvalue weighted by Crippen LogP contribution is 2.18. The summed E-state index contributed by atoms with van der Waals surface area (Å²) >= 11 is 0. The summed E-state index contributed by atoms with van der Waals surface area (Å²) in [5.41, 5.74) is 0.961. The monoisotopic (exact) mass is 342 g/mol. The number of carbonyl (C=O) groups is 2. The molecule has 25 heavy (non-hydrogen) atoms. The average molecular weight is 342 g/mol. The molecule has 0 spiro atoms. The number of anilines is 1. The van der Waals surface area contributed by atoms with Crippen LogP contribution in [0.1, 0.15) is 31.1 Å². The molecule has 1 heterocycles. The maximum Gasteiger partial charge on any atom is 0.344 e. The standard InChI is InChI=1S/C19H22N2O4/c1-4-24-18-16(11-8-12-20-18)19(23)25-13-17(22)21(14(2)3)15-9-6-5-7-10-15/h5-12,14H,4,13H2,1-3H3. The van der Waals surface area contributed by atoms with Crippen molar-refractivity contribution in [3.63, 3.8) is 0 Å². The predicted octanol–water partition coefficient (Wildman–Crippen LogP) is 3.08. The summed E-state index contributed by atoms with van der Waals surface area (Å²) in [7, 11) is 0. The Morgan fingerprint density at radius 1 is 1.12 bits per heavy atom. The molecule has 1 aromatic heterocycles. The van der Waals surface area contributed by atoms with Crippen LogP contribution in [0.3, 0.4) is 0 Å². The highest BCUT2D eigenvalue weighted by molar-refractivity contribution is 5.98. The number of carbonyl (C=O) groups excluding carboxylic acids is 2. The predicted molar refractivity (Wildman–Crippen MR) is 94.8 cm³/mol. The molecular weight excluding hydrogens is 320 g/mol. The molecule has 0 saturated carbocycles. The summed E-state index contributed by atoms with van der Waals surface area (Å²) in [5, 5.41) is 0. The van der Waals surface area contributed by atoms with Crippen molar-refractivity contribution < 1.29 is 19.1 Å². The molecule has 0 aliphatic heterocycles. The molecule has 0 bridgehead atoms. The Labute approximate surface area is 147 Å². The van der Waals surface area contributed by atoms with E-state index in [1.807, 2.05) is 44.2 Å². The maximum atomic E-state index is 12.5. The van der Waals surface area contributed by atoms with Gasteiger partial charge < -0.3 is 14.4 Å². The number of hydrogen-bond acceptors (Lipinski definition) is 5. The zero-order valence-electron chi connectivity index (χ0n) is 14.6.